The van der Waals surface area contributed by atoms with Crippen LogP contribution in [0.1, 0.15) is 23.4 Å². The highest BCUT2D eigenvalue weighted by atomic mass is 32.1. The van der Waals surface area contributed by atoms with Crippen LogP contribution in [0.4, 0.5) is 0 Å². The van der Waals surface area contributed by atoms with E-state index in [1.807, 2.05) is 48.7 Å². The minimum absolute atomic E-state index is 0.0553. The zero-order valence-corrected chi connectivity index (χ0v) is 12.2. The van der Waals surface area contributed by atoms with Gasteiger partial charge in [0.25, 0.3) is 0 Å². The minimum atomic E-state index is -0.104. The Labute approximate surface area is 122 Å². The Balaban J connectivity index is 1.64. The van der Waals surface area contributed by atoms with Crippen LogP contribution >= 0.6 is 11.3 Å². The lowest BCUT2D eigenvalue weighted by atomic mass is 9.96. The Morgan fingerprint density at radius 3 is 3.00 bits per heavy atom. The van der Waals surface area contributed by atoms with E-state index in [2.05, 4.69) is 5.32 Å². The molecule has 1 N–H and O–H groups in total. The van der Waals surface area contributed by atoms with Crippen molar-refractivity contribution in [2.45, 2.75) is 19.4 Å². The number of benzene rings is 1. The van der Waals surface area contributed by atoms with Crippen LogP contribution in [-0.2, 0) is 11.2 Å². The van der Waals surface area contributed by atoms with Gasteiger partial charge in [0.15, 0.2) is 0 Å². The molecule has 0 bridgehead atoms. The topological polar surface area (TPSA) is 38.3 Å². The lowest BCUT2D eigenvalue weighted by Gasteiger charge is -2.25. The number of para-hydroxylation sites is 1. The van der Waals surface area contributed by atoms with Crippen LogP contribution < -0.4 is 10.1 Å². The van der Waals surface area contributed by atoms with Crippen molar-refractivity contribution in [2.24, 2.45) is 5.92 Å². The lowest BCUT2D eigenvalue weighted by molar-refractivity contribution is -0.126. The molecule has 1 aliphatic heterocycles. The molecule has 2 aromatic rings. The number of thiophene rings is 1. The van der Waals surface area contributed by atoms with E-state index in [0.29, 0.717) is 6.61 Å². The van der Waals surface area contributed by atoms with E-state index in [1.54, 1.807) is 11.3 Å². The summed E-state index contributed by atoms with van der Waals surface area (Å²) in [6.07, 6.45) is 0.749. The second kappa shape index (κ2) is 5.67. The molecule has 0 radical (unpaired) electrons. The predicted molar refractivity (Wildman–Crippen MR) is 80.0 cm³/mol. The number of hydrogen-bond acceptors (Lipinski definition) is 3. The third-order valence-corrected chi connectivity index (χ3v) is 4.63. The maximum Gasteiger partial charge on any atom is 0.227 e. The van der Waals surface area contributed by atoms with Gasteiger partial charge < -0.3 is 10.1 Å². The zero-order chi connectivity index (χ0) is 13.9. The average molecular weight is 287 g/mol. The molecule has 0 unspecified atom stereocenters. The molecule has 1 aromatic heterocycles. The van der Waals surface area contributed by atoms with E-state index in [0.717, 1.165) is 17.7 Å². The third kappa shape index (κ3) is 2.70. The normalized spacial score (nSPS) is 18.8. The maximum absolute atomic E-state index is 12.3. The highest BCUT2D eigenvalue weighted by Gasteiger charge is 2.26. The molecule has 2 heterocycles. The summed E-state index contributed by atoms with van der Waals surface area (Å²) >= 11 is 1.66. The van der Waals surface area contributed by atoms with E-state index < -0.39 is 0 Å². The van der Waals surface area contributed by atoms with Crippen LogP contribution in [0.5, 0.6) is 5.75 Å². The summed E-state index contributed by atoms with van der Waals surface area (Å²) < 4.78 is 5.67. The number of fused-ring (bicyclic) bond motifs is 1. The van der Waals surface area contributed by atoms with E-state index >= 15 is 0 Å². The molecule has 2 atom stereocenters. The van der Waals surface area contributed by atoms with Gasteiger partial charge in [-0.2, -0.15) is 0 Å². The van der Waals surface area contributed by atoms with Crippen molar-refractivity contribution >= 4 is 17.2 Å². The van der Waals surface area contributed by atoms with Gasteiger partial charge in [0, 0.05) is 4.88 Å². The fraction of sp³-hybridized carbons (Fsp3) is 0.312. The van der Waals surface area contributed by atoms with Crippen LogP contribution in [0.3, 0.4) is 0 Å². The summed E-state index contributed by atoms with van der Waals surface area (Å²) in [4.78, 5) is 13.5. The van der Waals surface area contributed by atoms with Gasteiger partial charge in [-0.1, -0.05) is 24.3 Å². The van der Waals surface area contributed by atoms with Crippen LogP contribution in [0, 0.1) is 5.92 Å². The molecule has 0 saturated heterocycles. The predicted octanol–water partition coefficient (Wildman–Crippen LogP) is 3.18. The number of nitrogens with one attached hydrogen (secondary N) is 1. The molecule has 0 aliphatic carbocycles. The monoisotopic (exact) mass is 287 g/mol. The van der Waals surface area contributed by atoms with Gasteiger partial charge in [-0.25, -0.2) is 0 Å². The van der Waals surface area contributed by atoms with Gasteiger partial charge in [-0.3, -0.25) is 4.79 Å². The van der Waals surface area contributed by atoms with E-state index in [9.17, 15) is 4.79 Å². The van der Waals surface area contributed by atoms with Gasteiger partial charge in [-0.15, -0.1) is 11.3 Å². The number of ether oxygens (including phenoxy) is 1. The van der Waals surface area contributed by atoms with Crippen molar-refractivity contribution < 1.29 is 9.53 Å². The van der Waals surface area contributed by atoms with Gasteiger partial charge >= 0.3 is 0 Å². The number of amides is 1. The third-order valence-electron chi connectivity index (χ3n) is 3.58. The standard InChI is InChI=1S/C16H17NO2S/c1-11(15-7-4-8-20-15)17-16(18)13-9-12-5-2-3-6-14(12)19-10-13/h2-8,11,13H,9-10H2,1H3,(H,17,18)/t11-,13-/m1/s1. The van der Waals surface area contributed by atoms with E-state index in [1.165, 1.54) is 4.88 Å². The summed E-state index contributed by atoms with van der Waals surface area (Å²) in [5, 5.41) is 5.10. The second-order valence-corrected chi connectivity index (χ2v) is 6.04. The summed E-state index contributed by atoms with van der Waals surface area (Å²) in [5.74, 6) is 0.871. The minimum Gasteiger partial charge on any atom is -0.492 e. The first-order valence-corrected chi connectivity index (χ1v) is 7.66. The lowest BCUT2D eigenvalue weighted by Crippen LogP contribution is -2.38. The van der Waals surface area contributed by atoms with E-state index in [4.69, 9.17) is 4.74 Å². The molecule has 1 amide bonds. The Hall–Kier alpha value is -1.81. The Kier molecular flexibility index (Phi) is 3.74. The van der Waals surface area contributed by atoms with Gasteiger partial charge in [0.1, 0.15) is 12.4 Å². The molecule has 1 aromatic carbocycles. The average Bonchev–Trinajstić information content (AvgIpc) is 3.01. The fourth-order valence-corrected chi connectivity index (χ4v) is 3.17. The van der Waals surface area contributed by atoms with Crippen molar-refractivity contribution in [2.75, 3.05) is 6.61 Å². The van der Waals surface area contributed by atoms with Crippen LogP contribution in [0.25, 0.3) is 0 Å². The van der Waals surface area contributed by atoms with Crippen molar-refractivity contribution in [3.05, 3.63) is 52.2 Å². The van der Waals surface area contributed by atoms with E-state index in [-0.39, 0.29) is 17.9 Å². The zero-order valence-electron chi connectivity index (χ0n) is 11.3. The smallest absolute Gasteiger partial charge is 0.227 e. The molecule has 0 spiro atoms. The highest BCUT2D eigenvalue weighted by Crippen LogP contribution is 2.27. The first kappa shape index (κ1) is 13.2. The number of carbonyl (C=O) groups excluding carboxylic acids is 1. The summed E-state index contributed by atoms with van der Waals surface area (Å²) in [6.45, 7) is 2.47. The quantitative estimate of drug-likeness (QED) is 0.941. The highest BCUT2D eigenvalue weighted by molar-refractivity contribution is 7.10. The van der Waals surface area contributed by atoms with Crippen LogP contribution in [0.2, 0.25) is 0 Å². The molecule has 3 nitrogen and oxygen atoms in total. The molecular weight excluding hydrogens is 270 g/mol. The van der Waals surface area contributed by atoms with Gasteiger partial charge in [-0.05, 0) is 36.4 Å². The van der Waals surface area contributed by atoms with Gasteiger partial charge in [0.05, 0.1) is 12.0 Å². The van der Waals surface area contributed by atoms with Crippen molar-refractivity contribution in [3.63, 3.8) is 0 Å². The molecule has 1 aliphatic rings. The molecule has 0 saturated carbocycles. The molecule has 3 rings (SSSR count). The fourth-order valence-electron chi connectivity index (χ4n) is 2.44. The first-order valence-electron chi connectivity index (χ1n) is 6.78. The largest absolute Gasteiger partial charge is 0.492 e. The van der Waals surface area contributed by atoms with Crippen LogP contribution in [-0.4, -0.2) is 12.5 Å². The molecule has 0 fully saturated rings. The van der Waals surface area contributed by atoms with Crippen molar-refractivity contribution in [3.8, 4) is 5.75 Å². The van der Waals surface area contributed by atoms with Crippen molar-refractivity contribution in [1.82, 2.24) is 5.32 Å². The molecular formula is C16H17NO2S. The Morgan fingerprint density at radius 1 is 1.35 bits per heavy atom. The van der Waals surface area contributed by atoms with Crippen molar-refractivity contribution in [1.29, 1.82) is 0 Å². The number of hydrogen-bond donors (Lipinski definition) is 1. The number of carbonyl (C=O) groups is 1. The summed E-state index contributed by atoms with van der Waals surface area (Å²) in [5.41, 5.74) is 1.11. The second-order valence-electron chi connectivity index (χ2n) is 5.07. The summed E-state index contributed by atoms with van der Waals surface area (Å²) in [7, 11) is 0. The SMILES string of the molecule is C[C@@H](NC(=O)[C@H]1COc2ccccc2C1)c1cccs1. The Bertz CT molecular complexity index is 594. The van der Waals surface area contributed by atoms with Crippen LogP contribution in [0.15, 0.2) is 41.8 Å². The summed E-state index contributed by atoms with van der Waals surface area (Å²) in [6, 6.07) is 12.0. The molecule has 4 heteroatoms. The van der Waals surface area contributed by atoms with Gasteiger partial charge in [0.2, 0.25) is 5.91 Å². The molecule has 20 heavy (non-hydrogen) atoms. The Morgan fingerprint density at radius 2 is 2.20 bits per heavy atom. The first-order chi connectivity index (χ1) is 9.74. The maximum atomic E-state index is 12.3. The number of rotatable bonds is 3. The molecule has 104 valence electrons.